The molecule has 0 spiro atoms. The second-order valence-corrected chi connectivity index (χ2v) is 9.53. The lowest BCUT2D eigenvalue weighted by atomic mass is 10.3. The van der Waals surface area contributed by atoms with Gasteiger partial charge in [-0.25, -0.2) is 9.59 Å². The molecule has 0 saturated carbocycles. The van der Waals surface area contributed by atoms with Crippen molar-refractivity contribution in [1.29, 1.82) is 0 Å². The Hall–Kier alpha value is -2.14. The first kappa shape index (κ1) is 23.9. The Morgan fingerprint density at radius 3 is 2.14 bits per heavy atom. The van der Waals surface area contributed by atoms with Gasteiger partial charge < -0.3 is 28.4 Å². The predicted molar refractivity (Wildman–Crippen MR) is 107 cm³/mol. The first-order valence-corrected chi connectivity index (χ1v) is 11.6. The van der Waals surface area contributed by atoms with Crippen LogP contribution in [0.5, 0.6) is 0 Å². The molecule has 0 fully saturated rings. The summed E-state index contributed by atoms with van der Waals surface area (Å²) in [4.78, 5) is 23.1. The minimum absolute atomic E-state index is 0.104. The maximum Gasteiger partial charge on any atom is 0.411 e. The zero-order valence-electron chi connectivity index (χ0n) is 16.7. The first-order chi connectivity index (χ1) is 13.5. The number of carbonyl (C=O) groups excluding carboxylic acids is 2. The Morgan fingerprint density at radius 1 is 0.929 bits per heavy atom. The summed E-state index contributed by atoms with van der Waals surface area (Å²) in [5.74, 6) is 0. The van der Waals surface area contributed by atoms with Crippen LogP contribution in [0.3, 0.4) is 0 Å². The van der Waals surface area contributed by atoms with Crippen LogP contribution in [0.25, 0.3) is 0 Å². The van der Waals surface area contributed by atoms with E-state index in [1.54, 1.807) is 26.4 Å². The fourth-order valence-electron chi connectivity index (χ4n) is 2.10. The van der Waals surface area contributed by atoms with Crippen LogP contribution < -0.4 is 10.6 Å². The van der Waals surface area contributed by atoms with E-state index in [4.69, 9.17) is 23.1 Å². The minimum Gasteiger partial charge on any atom is -0.447 e. The van der Waals surface area contributed by atoms with Crippen molar-refractivity contribution in [2.45, 2.75) is 19.0 Å². The number of alkyl carbamates (subject to hydrolysis) is 1. The number of anilines is 1. The van der Waals surface area contributed by atoms with Gasteiger partial charge in [0.2, 0.25) is 0 Å². The molecule has 28 heavy (non-hydrogen) atoms. The van der Waals surface area contributed by atoms with E-state index in [1.165, 1.54) is 0 Å². The van der Waals surface area contributed by atoms with Gasteiger partial charge in [-0.05, 0) is 31.1 Å². The highest BCUT2D eigenvalue weighted by molar-refractivity contribution is 6.65. The highest BCUT2D eigenvalue weighted by Crippen LogP contribution is 2.12. The summed E-state index contributed by atoms with van der Waals surface area (Å²) in [6, 6.07) is 9.78. The van der Waals surface area contributed by atoms with Gasteiger partial charge in [-0.2, -0.15) is 0 Å². The summed E-state index contributed by atoms with van der Waals surface area (Å²) >= 11 is 0. The number of hydrogen-bond donors (Lipinski definition) is 2. The quantitative estimate of drug-likeness (QED) is 0.378. The Kier molecular flexibility index (Phi) is 11.9. The van der Waals surface area contributed by atoms with Gasteiger partial charge in [-0.15, -0.1) is 0 Å². The van der Waals surface area contributed by atoms with Crippen LogP contribution in [0.4, 0.5) is 15.3 Å². The largest absolute Gasteiger partial charge is 0.447 e. The topological polar surface area (TPSA) is 104 Å². The molecule has 2 N–H and O–H groups in total. The summed E-state index contributed by atoms with van der Waals surface area (Å²) < 4.78 is 25.9. The van der Waals surface area contributed by atoms with Gasteiger partial charge in [-0.3, -0.25) is 5.32 Å². The van der Waals surface area contributed by atoms with Crippen molar-refractivity contribution in [3.63, 3.8) is 0 Å². The molecule has 0 heterocycles. The third kappa shape index (κ3) is 10.9. The number of para-hydroxylation sites is 1. The van der Waals surface area contributed by atoms with E-state index in [1.807, 2.05) is 24.7 Å². The summed E-state index contributed by atoms with van der Waals surface area (Å²) in [6.07, 6.45) is -0.301. The van der Waals surface area contributed by atoms with Crippen LogP contribution in [-0.2, 0) is 23.1 Å². The number of hydrogen-bond acceptors (Lipinski definition) is 7. The van der Waals surface area contributed by atoms with E-state index in [2.05, 4.69) is 10.6 Å². The van der Waals surface area contributed by atoms with Gasteiger partial charge in [0.15, 0.2) is 0 Å². The molecule has 0 aliphatic heterocycles. The van der Waals surface area contributed by atoms with Gasteiger partial charge >= 0.3 is 20.7 Å². The number of amides is 2. The molecule has 9 nitrogen and oxygen atoms in total. The molecule has 0 aromatic heterocycles. The Balaban J connectivity index is 1.95. The molecular weight excluding hydrogens is 384 g/mol. The highest BCUT2D eigenvalue weighted by Gasteiger charge is 2.27. The second-order valence-electron chi connectivity index (χ2n) is 5.95. The van der Waals surface area contributed by atoms with E-state index in [0.29, 0.717) is 12.2 Å². The fourth-order valence-corrected chi connectivity index (χ4v) is 3.50. The van der Waals surface area contributed by atoms with E-state index < -0.39 is 20.7 Å². The van der Waals surface area contributed by atoms with Gasteiger partial charge in [0.05, 0.1) is 13.2 Å². The van der Waals surface area contributed by atoms with Crippen molar-refractivity contribution in [2.75, 3.05) is 52.5 Å². The summed E-state index contributed by atoms with van der Waals surface area (Å²) in [5.41, 5.74) is 0.657. The SMILES string of the molecule is CO[Si](C)(CCCNC(=O)OCCOCCOC(=O)Nc1ccccc1)OC. The number of rotatable bonds is 13. The van der Waals surface area contributed by atoms with E-state index in [9.17, 15) is 9.59 Å². The monoisotopic (exact) mass is 414 g/mol. The normalized spacial score (nSPS) is 11.0. The molecule has 0 aliphatic rings. The molecule has 0 radical (unpaired) electrons. The van der Waals surface area contributed by atoms with Gasteiger partial charge in [0.1, 0.15) is 13.2 Å². The Bertz CT molecular complexity index is 570. The summed E-state index contributed by atoms with van der Waals surface area (Å²) in [7, 11) is 1.18. The van der Waals surface area contributed by atoms with E-state index >= 15 is 0 Å². The van der Waals surface area contributed by atoms with Crippen LogP contribution >= 0.6 is 0 Å². The molecule has 1 rings (SSSR count). The summed E-state index contributed by atoms with van der Waals surface area (Å²) in [6.45, 7) is 3.11. The molecule has 158 valence electrons. The Morgan fingerprint density at radius 2 is 1.54 bits per heavy atom. The second kappa shape index (κ2) is 13.9. The van der Waals surface area contributed by atoms with Crippen molar-refractivity contribution in [1.82, 2.24) is 5.32 Å². The number of nitrogens with one attached hydrogen (secondary N) is 2. The fraction of sp³-hybridized carbons (Fsp3) is 0.556. The van der Waals surface area contributed by atoms with Crippen molar-refractivity contribution >= 4 is 26.4 Å². The van der Waals surface area contributed by atoms with Gasteiger partial charge in [-0.1, -0.05) is 18.2 Å². The third-order valence-electron chi connectivity index (χ3n) is 3.88. The molecule has 2 amide bonds. The molecule has 0 unspecified atom stereocenters. The molecule has 0 bridgehead atoms. The number of benzene rings is 1. The van der Waals surface area contributed by atoms with Crippen LogP contribution in [0.15, 0.2) is 30.3 Å². The smallest absolute Gasteiger partial charge is 0.411 e. The minimum atomic E-state index is -2.10. The maximum atomic E-state index is 11.5. The molecule has 1 aromatic rings. The summed E-state index contributed by atoms with van der Waals surface area (Å²) in [5, 5.41) is 5.25. The lowest BCUT2D eigenvalue weighted by molar-refractivity contribution is 0.0483. The molecule has 10 heteroatoms. The zero-order valence-corrected chi connectivity index (χ0v) is 17.7. The Labute approximate surface area is 166 Å². The number of ether oxygens (including phenoxy) is 3. The van der Waals surface area contributed by atoms with Crippen LogP contribution in [0.2, 0.25) is 12.6 Å². The van der Waals surface area contributed by atoms with Crippen molar-refractivity contribution in [3.8, 4) is 0 Å². The van der Waals surface area contributed by atoms with Crippen molar-refractivity contribution in [3.05, 3.63) is 30.3 Å². The van der Waals surface area contributed by atoms with E-state index in [-0.39, 0.29) is 26.4 Å². The number of carbonyl (C=O) groups is 2. The van der Waals surface area contributed by atoms with E-state index in [0.717, 1.165) is 12.5 Å². The van der Waals surface area contributed by atoms with Crippen LogP contribution in [0.1, 0.15) is 6.42 Å². The van der Waals surface area contributed by atoms with Gasteiger partial charge in [0, 0.05) is 26.5 Å². The molecule has 0 aliphatic carbocycles. The first-order valence-electron chi connectivity index (χ1n) is 9.06. The average molecular weight is 415 g/mol. The average Bonchev–Trinajstić information content (AvgIpc) is 2.71. The predicted octanol–water partition coefficient (Wildman–Crippen LogP) is 2.73. The standard InChI is InChI=1S/C18H30N2O7Si/c1-23-28(3,24-2)15-7-10-19-17(21)26-13-11-25-12-14-27-18(22)20-16-8-5-4-6-9-16/h4-6,8-9H,7,10-15H2,1-3H3,(H,19,21)(H,20,22). The lowest BCUT2D eigenvalue weighted by Gasteiger charge is -2.22. The molecule has 0 saturated heterocycles. The maximum absolute atomic E-state index is 11.5. The van der Waals surface area contributed by atoms with Gasteiger partial charge in [0.25, 0.3) is 0 Å². The zero-order chi connectivity index (χ0) is 20.7. The highest BCUT2D eigenvalue weighted by atomic mass is 28.4. The molecular formula is C18H30N2O7Si. The van der Waals surface area contributed by atoms with Crippen molar-refractivity contribution < 1.29 is 32.7 Å². The third-order valence-corrected chi connectivity index (χ3v) is 6.87. The lowest BCUT2D eigenvalue weighted by Crippen LogP contribution is -2.37. The molecule has 0 atom stereocenters. The van der Waals surface area contributed by atoms with Crippen LogP contribution in [0, 0.1) is 0 Å². The van der Waals surface area contributed by atoms with Crippen LogP contribution in [-0.4, -0.2) is 67.9 Å². The molecule has 1 aromatic carbocycles. The van der Waals surface area contributed by atoms with Crippen molar-refractivity contribution in [2.24, 2.45) is 0 Å².